The van der Waals surface area contributed by atoms with E-state index in [-0.39, 0.29) is 12.5 Å². The van der Waals surface area contributed by atoms with Crippen molar-refractivity contribution in [3.63, 3.8) is 0 Å². The Morgan fingerprint density at radius 3 is 2.88 bits per heavy atom. The van der Waals surface area contributed by atoms with E-state index in [9.17, 15) is 9.90 Å². The van der Waals surface area contributed by atoms with E-state index >= 15 is 0 Å². The van der Waals surface area contributed by atoms with Gasteiger partial charge in [-0.05, 0) is 12.5 Å². The third-order valence-corrected chi connectivity index (χ3v) is 4.48. The van der Waals surface area contributed by atoms with Crippen molar-refractivity contribution < 1.29 is 9.90 Å². The first-order chi connectivity index (χ1) is 12.1. The molecule has 8 heteroatoms. The molecule has 0 aliphatic carbocycles. The van der Waals surface area contributed by atoms with Crippen molar-refractivity contribution in [2.24, 2.45) is 0 Å². The third kappa shape index (κ3) is 4.33. The number of hydrogen-bond donors (Lipinski definition) is 2. The van der Waals surface area contributed by atoms with E-state index in [0.29, 0.717) is 38.4 Å². The number of carbonyl (C=O) groups is 1. The molecular weight excluding hydrogens is 320 g/mol. The second kappa shape index (κ2) is 7.60. The van der Waals surface area contributed by atoms with E-state index in [2.05, 4.69) is 20.3 Å². The fourth-order valence-corrected chi connectivity index (χ4v) is 3.06. The van der Waals surface area contributed by atoms with Gasteiger partial charge < -0.3 is 19.9 Å². The average molecular weight is 344 g/mol. The van der Waals surface area contributed by atoms with Crippen LogP contribution in [-0.2, 0) is 17.8 Å². The van der Waals surface area contributed by atoms with Crippen molar-refractivity contribution in [1.29, 1.82) is 0 Å². The summed E-state index contributed by atoms with van der Waals surface area (Å²) in [5.41, 5.74) is -0.946. The van der Waals surface area contributed by atoms with Crippen molar-refractivity contribution in [3.05, 3.63) is 36.7 Å². The quantitative estimate of drug-likeness (QED) is 0.754. The summed E-state index contributed by atoms with van der Waals surface area (Å²) in [7, 11) is 0. The molecule has 0 unspecified atom stereocenters. The number of rotatable bonds is 7. The third-order valence-electron chi connectivity index (χ3n) is 4.48. The number of aromatic nitrogens is 4. The maximum absolute atomic E-state index is 12.1. The monoisotopic (exact) mass is 344 g/mol. The molecule has 3 rings (SSSR count). The summed E-state index contributed by atoms with van der Waals surface area (Å²) in [6, 6.07) is 1.76. The van der Waals surface area contributed by atoms with E-state index in [1.54, 1.807) is 24.7 Å². The topological polar surface area (TPSA) is 96.2 Å². The SMILES string of the molecule is CCc1nccn1CCC(=O)NC[C@]1(O)CCN(c2ncccn2)C1. The first-order valence-corrected chi connectivity index (χ1v) is 8.61. The number of aliphatic hydroxyl groups is 1. The largest absolute Gasteiger partial charge is 0.386 e. The predicted octanol–water partition coefficient (Wildman–Crippen LogP) is 0.383. The highest BCUT2D eigenvalue weighted by Gasteiger charge is 2.37. The second-order valence-corrected chi connectivity index (χ2v) is 6.36. The van der Waals surface area contributed by atoms with Gasteiger partial charge in [-0.3, -0.25) is 4.79 Å². The molecule has 2 aromatic heterocycles. The molecule has 25 heavy (non-hydrogen) atoms. The van der Waals surface area contributed by atoms with Gasteiger partial charge in [0.1, 0.15) is 11.4 Å². The van der Waals surface area contributed by atoms with Crippen LogP contribution in [0.2, 0.25) is 0 Å². The van der Waals surface area contributed by atoms with E-state index < -0.39 is 5.60 Å². The second-order valence-electron chi connectivity index (χ2n) is 6.36. The highest BCUT2D eigenvalue weighted by molar-refractivity contribution is 5.75. The number of anilines is 1. The fraction of sp³-hybridized carbons (Fsp3) is 0.529. The van der Waals surface area contributed by atoms with Crippen LogP contribution in [0.15, 0.2) is 30.9 Å². The lowest BCUT2D eigenvalue weighted by Gasteiger charge is -2.23. The Labute approximate surface area is 146 Å². The predicted molar refractivity (Wildman–Crippen MR) is 93.0 cm³/mol. The molecule has 1 atom stereocenters. The van der Waals surface area contributed by atoms with E-state index in [4.69, 9.17) is 0 Å². The van der Waals surface area contributed by atoms with Crippen molar-refractivity contribution in [3.8, 4) is 0 Å². The van der Waals surface area contributed by atoms with E-state index in [1.165, 1.54) is 0 Å². The lowest BCUT2D eigenvalue weighted by molar-refractivity contribution is -0.122. The Morgan fingerprint density at radius 1 is 1.32 bits per heavy atom. The minimum absolute atomic E-state index is 0.0708. The Balaban J connectivity index is 1.45. The Morgan fingerprint density at radius 2 is 2.12 bits per heavy atom. The number of nitrogens with one attached hydrogen (secondary N) is 1. The smallest absolute Gasteiger partial charge is 0.225 e. The molecule has 1 saturated heterocycles. The zero-order chi connectivity index (χ0) is 17.7. The van der Waals surface area contributed by atoms with Crippen LogP contribution in [0.3, 0.4) is 0 Å². The van der Waals surface area contributed by atoms with E-state index in [1.807, 2.05) is 22.6 Å². The molecule has 1 aliphatic heterocycles. The van der Waals surface area contributed by atoms with Gasteiger partial charge in [-0.2, -0.15) is 0 Å². The van der Waals surface area contributed by atoms with Gasteiger partial charge in [0.25, 0.3) is 0 Å². The molecule has 1 aliphatic rings. The Hall–Kier alpha value is -2.48. The summed E-state index contributed by atoms with van der Waals surface area (Å²) in [5.74, 6) is 1.51. The van der Waals surface area contributed by atoms with Crippen molar-refractivity contribution in [2.75, 3.05) is 24.5 Å². The van der Waals surface area contributed by atoms with Crippen LogP contribution >= 0.6 is 0 Å². The van der Waals surface area contributed by atoms with Gasteiger partial charge in [0, 0.05) is 57.3 Å². The van der Waals surface area contributed by atoms with Crippen LogP contribution in [0.25, 0.3) is 0 Å². The number of hydrogen-bond acceptors (Lipinski definition) is 6. The van der Waals surface area contributed by atoms with Crippen LogP contribution in [0.5, 0.6) is 0 Å². The van der Waals surface area contributed by atoms with Gasteiger partial charge in [0.15, 0.2) is 0 Å². The number of carbonyl (C=O) groups excluding carboxylic acids is 1. The molecular formula is C17H24N6O2. The maximum atomic E-state index is 12.1. The first-order valence-electron chi connectivity index (χ1n) is 8.61. The molecule has 2 N–H and O–H groups in total. The number of nitrogens with zero attached hydrogens (tertiary/aromatic N) is 5. The molecule has 1 amide bonds. The molecule has 0 radical (unpaired) electrons. The maximum Gasteiger partial charge on any atom is 0.225 e. The van der Waals surface area contributed by atoms with Gasteiger partial charge in [0.2, 0.25) is 11.9 Å². The Kier molecular flexibility index (Phi) is 5.28. The standard InChI is InChI=1S/C17H24N6O2/c1-2-14-18-8-11-22(14)9-4-15(24)21-12-17(25)5-10-23(13-17)16-19-6-3-7-20-16/h3,6-8,11,25H,2,4-5,9-10,12-13H2,1H3,(H,21,24)/t17-/m1/s1. The van der Waals surface area contributed by atoms with Crippen LogP contribution in [0.4, 0.5) is 5.95 Å². The van der Waals surface area contributed by atoms with Gasteiger partial charge in [-0.15, -0.1) is 0 Å². The summed E-state index contributed by atoms with van der Waals surface area (Å²) >= 11 is 0. The molecule has 134 valence electrons. The van der Waals surface area contributed by atoms with Crippen molar-refractivity contribution >= 4 is 11.9 Å². The summed E-state index contributed by atoms with van der Waals surface area (Å²) in [4.78, 5) is 26.7. The van der Waals surface area contributed by atoms with Gasteiger partial charge in [-0.25, -0.2) is 15.0 Å². The van der Waals surface area contributed by atoms with Crippen LogP contribution in [0.1, 0.15) is 25.6 Å². The summed E-state index contributed by atoms with van der Waals surface area (Å²) in [5, 5.41) is 13.5. The van der Waals surface area contributed by atoms with E-state index in [0.717, 1.165) is 12.2 Å². The average Bonchev–Trinajstić information content (AvgIpc) is 3.26. The molecule has 0 spiro atoms. The van der Waals surface area contributed by atoms with Crippen LogP contribution < -0.4 is 10.2 Å². The van der Waals surface area contributed by atoms with Crippen LogP contribution in [0, 0.1) is 0 Å². The first kappa shape index (κ1) is 17.3. The molecule has 0 saturated carbocycles. The summed E-state index contributed by atoms with van der Waals surface area (Å²) in [6.45, 7) is 3.96. The highest BCUT2D eigenvalue weighted by Crippen LogP contribution is 2.23. The van der Waals surface area contributed by atoms with Gasteiger partial charge in [-0.1, -0.05) is 6.92 Å². The number of imidazole rings is 1. The minimum Gasteiger partial charge on any atom is -0.386 e. The van der Waals surface area contributed by atoms with Crippen molar-refractivity contribution in [2.45, 2.75) is 38.3 Å². The lowest BCUT2D eigenvalue weighted by atomic mass is 10.0. The Bertz CT molecular complexity index is 704. The fourth-order valence-electron chi connectivity index (χ4n) is 3.06. The lowest BCUT2D eigenvalue weighted by Crippen LogP contribution is -2.45. The normalized spacial score (nSPS) is 20.0. The van der Waals surface area contributed by atoms with Gasteiger partial charge >= 0.3 is 0 Å². The number of aryl methyl sites for hydroxylation is 2. The number of amides is 1. The molecule has 3 heterocycles. The van der Waals surface area contributed by atoms with Crippen LogP contribution in [-0.4, -0.2) is 55.8 Å². The zero-order valence-corrected chi connectivity index (χ0v) is 14.4. The molecule has 0 aromatic carbocycles. The molecule has 2 aromatic rings. The number of β-amino-alcohol motifs (C(OH)–C–C–N with tert-alkyl or cyclic N) is 1. The minimum atomic E-state index is -0.946. The highest BCUT2D eigenvalue weighted by atomic mass is 16.3. The molecule has 0 bridgehead atoms. The van der Waals surface area contributed by atoms with Crippen molar-refractivity contribution in [1.82, 2.24) is 24.8 Å². The zero-order valence-electron chi connectivity index (χ0n) is 14.4. The molecule has 1 fully saturated rings. The summed E-state index contributed by atoms with van der Waals surface area (Å²) in [6.07, 6.45) is 8.78. The molecule has 8 nitrogen and oxygen atoms in total. The van der Waals surface area contributed by atoms with Gasteiger partial charge in [0.05, 0.1) is 6.54 Å². The summed E-state index contributed by atoms with van der Waals surface area (Å²) < 4.78 is 1.98.